The molecule has 2 aromatic heterocycles. The maximum Gasteiger partial charge on any atom is 0.142 e. The first-order valence-electron chi connectivity index (χ1n) is 4.54. The number of thiophene rings is 1. The molecule has 0 aromatic carbocycles. The summed E-state index contributed by atoms with van der Waals surface area (Å²) in [6.45, 7) is 2.86. The number of aromatic nitrogens is 2. The average molecular weight is 208 g/mol. The van der Waals surface area contributed by atoms with E-state index in [1.165, 1.54) is 0 Å². The highest BCUT2D eigenvalue weighted by molar-refractivity contribution is 7.07. The van der Waals surface area contributed by atoms with E-state index in [1.54, 1.807) is 17.5 Å². The van der Waals surface area contributed by atoms with Crippen LogP contribution in [0.15, 0.2) is 29.2 Å². The van der Waals surface area contributed by atoms with E-state index in [0.29, 0.717) is 5.82 Å². The molecule has 0 spiro atoms. The summed E-state index contributed by atoms with van der Waals surface area (Å²) in [5, 5.41) is 13.9. The summed E-state index contributed by atoms with van der Waals surface area (Å²) in [4.78, 5) is 4.16. The predicted molar refractivity (Wildman–Crippen MR) is 56.3 cm³/mol. The summed E-state index contributed by atoms with van der Waals surface area (Å²) < 4.78 is 1.95. The van der Waals surface area contributed by atoms with Crippen LogP contribution < -0.4 is 0 Å². The van der Waals surface area contributed by atoms with Crippen molar-refractivity contribution in [1.82, 2.24) is 9.55 Å². The van der Waals surface area contributed by atoms with Crippen molar-refractivity contribution in [2.45, 2.75) is 19.6 Å². The van der Waals surface area contributed by atoms with E-state index in [0.717, 1.165) is 12.1 Å². The van der Waals surface area contributed by atoms with Gasteiger partial charge in [-0.05, 0) is 29.3 Å². The maximum absolute atomic E-state index is 10.0. The fourth-order valence-electron chi connectivity index (χ4n) is 1.42. The summed E-state index contributed by atoms with van der Waals surface area (Å²) in [7, 11) is 0. The van der Waals surface area contributed by atoms with Crippen molar-refractivity contribution < 1.29 is 5.11 Å². The Labute approximate surface area is 86.7 Å². The van der Waals surface area contributed by atoms with Crippen molar-refractivity contribution in [3.05, 3.63) is 40.6 Å². The third kappa shape index (κ3) is 1.58. The van der Waals surface area contributed by atoms with Gasteiger partial charge in [0.1, 0.15) is 11.9 Å². The molecule has 1 atom stereocenters. The molecule has 1 unspecified atom stereocenters. The summed E-state index contributed by atoms with van der Waals surface area (Å²) in [5.41, 5.74) is 0.913. The molecule has 0 aliphatic carbocycles. The summed E-state index contributed by atoms with van der Waals surface area (Å²) >= 11 is 1.58. The van der Waals surface area contributed by atoms with Gasteiger partial charge in [-0.15, -0.1) is 0 Å². The zero-order chi connectivity index (χ0) is 9.97. The molecule has 0 bridgehead atoms. The van der Waals surface area contributed by atoms with E-state index >= 15 is 0 Å². The second-order valence-corrected chi connectivity index (χ2v) is 3.81. The smallest absolute Gasteiger partial charge is 0.142 e. The highest BCUT2D eigenvalue weighted by Crippen LogP contribution is 2.22. The molecule has 0 aliphatic heterocycles. The zero-order valence-electron chi connectivity index (χ0n) is 7.92. The molecule has 74 valence electrons. The lowest BCUT2D eigenvalue weighted by Crippen LogP contribution is -2.07. The summed E-state index contributed by atoms with van der Waals surface area (Å²) in [6, 6.07) is 1.92. The van der Waals surface area contributed by atoms with Crippen molar-refractivity contribution in [3.8, 4) is 0 Å². The van der Waals surface area contributed by atoms with Gasteiger partial charge in [0.2, 0.25) is 0 Å². The molecular formula is C10H12N2OS. The number of aliphatic hydroxyl groups excluding tert-OH is 1. The van der Waals surface area contributed by atoms with Crippen LogP contribution in [-0.4, -0.2) is 14.7 Å². The van der Waals surface area contributed by atoms with Gasteiger partial charge in [0, 0.05) is 18.9 Å². The molecule has 3 nitrogen and oxygen atoms in total. The molecule has 0 aliphatic rings. The van der Waals surface area contributed by atoms with Crippen molar-refractivity contribution >= 4 is 11.3 Å². The normalized spacial score (nSPS) is 13.0. The molecule has 4 heteroatoms. The monoisotopic (exact) mass is 208 g/mol. The lowest BCUT2D eigenvalue weighted by atomic mass is 10.2. The molecule has 0 saturated carbocycles. The Bertz CT molecular complexity index is 394. The van der Waals surface area contributed by atoms with Gasteiger partial charge in [-0.3, -0.25) is 0 Å². The minimum Gasteiger partial charge on any atom is -0.380 e. The fourth-order valence-corrected chi connectivity index (χ4v) is 2.09. The fraction of sp³-hybridized carbons (Fsp3) is 0.300. The number of aryl methyl sites for hydroxylation is 1. The Kier molecular flexibility index (Phi) is 2.65. The molecule has 2 rings (SSSR count). The Hall–Kier alpha value is -1.13. The van der Waals surface area contributed by atoms with Crippen LogP contribution in [0.1, 0.15) is 24.4 Å². The van der Waals surface area contributed by atoms with Crippen molar-refractivity contribution in [3.63, 3.8) is 0 Å². The molecule has 1 N–H and O–H groups in total. The second-order valence-electron chi connectivity index (χ2n) is 3.03. The van der Waals surface area contributed by atoms with Gasteiger partial charge in [-0.1, -0.05) is 0 Å². The average Bonchev–Trinajstić information content (AvgIpc) is 2.87. The second kappa shape index (κ2) is 3.94. The molecule has 0 fully saturated rings. The van der Waals surface area contributed by atoms with Crippen LogP contribution >= 0.6 is 11.3 Å². The van der Waals surface area contributed by atoms with Crippen molar-refractivity contribution in [1.29, 1.82) is 0 Å². The van der Waals surface area contributed by atoms with Crippen molar-refractivity contribution in [2.24, 2.45) is 0 Å². The Balaban J connectivity index is 2.31. The molecule has 14 heavy (non-hydrogen) atoms. The van der Waals surface area contributed by atoms with Gasteiger partial charge in [0.15, 0.2) is 0 Å². The Morgan fingerprint density at radius 2 is 2.50 bits per heavy atom. The first-order chi connectivity index (χ1) is 6.83. The van der Waals surface area contributed by atoms with Crippen LogP contribution in [0.5, 0.6) is 0 Å². The van der Waals surface area contributed by atoms with E-state index in [9.17, 15) is 5.11 Å². The minimum atomic E-state index is -0.601. The van der Waals surface area contributed by atoms with E-state index in [4.69, 9.17) is 0 Å². The lowest BCUT2D eigenvalue weighted by molar-refractivity contribution is 0.205. The van der Waals surface area contributed by atoms with E-state index in [1.807, 2.05) is 34.5 Å². The molecule has 2 aromatic rings. The standard InChI is InChI=1S/C10H12N2OS/c1-2-12-5-4-11-10(12)9(13)8-3-6-14-7-8/h3-7,9,13H,2H2,1H3. The third-order valence-electron chi connectivity index (χ3n) is 2.19. The van der Waals surface area contributed by atoms with Crippen molar-refractivity contribution in [2.75, 3.05) is 0 Å². The lowest BCUT2D eigenvalue weighted by Gasteiger charge is -2.10. The number of aliphatic hydroxyl groups is 1. The van der Waals surface area contributed by atoms with Gasteiger partial charge in [-0.2, -0.15) is 11.3 Å². The first kappa shape index (κ1) is 9.43. The predicted octanol–water partition coefficient (Wildman–Crippen LogP) is 2.05. The number of nitrogens with zero attached hydrogens (tertiary/aromatic N) is 2. The molecular weight excluding hydrogens is 196 g/mol. The highest BCUT2D eigenvalue weighted by Gasteiger charge is 2.15. The molecule has 2 heterocycles. The number of hydrogen-bond donors (Lipinski definition) is 1. The minimum absolute atomic E-state index is 0.601. The van der Waals surface area contributed by atoms with Gasteiger partial charge in [-0.25, -0.2) is 4.98 Å². The van der Waals surface area contributed by atoms with E-state index in [-0.39, 0.29) is 0 Å². The zero-order valence-corrected chi connectivity index (χ0v) is 8.74. The van der Waals surface area contributed by atoms with Gasteiger partial charge < -0.3 is 9.67 Å². The Morgan fingerprint density at radius 3 is 3.14 bits per heavy atom. The quantitative estimate of drug-likeness (QED) is 0.838. The topological polar surface area (TPSA) is 38.0 Å². The maximum atomic E-state index is 10.0. The number of rotatable bonds is 3. The highest BCUT2D eigenvalue weighted by atomic mass is 32.1. The number of hydrogen-bond acceptors (Lipinski definition) is 3. The van der Waals surface area contributed by atoms with E-state index < -0.39 is 6.10 Å². The van der Waals surface area contributed by atoms with Crippen LogP contribution in [-0.2, 0) is 6.54 Å². The molecule has 0 radical (unpaired) electrons. The summed E-state index contributed by atoms with van der Waals surface area (Å²) in [5.74, 6) is 0.714. The van der Waals surface area contributed by atoms with Crippen LogP contribution in [0, 0.1) is 0 Å². The van der Waals surface area contributed by atoms with Crippen LogP contribution in [0.4, 0.5) is 0 Å². The number of imidazole rings is 1. The van der Waals surface area contributed by atoms with Gasteiger partial charge in [0.25, 0.3) is 0 Å². The molecule has 0 saturated heterocycles. The largest absolute Gasteiger partial charge is 0.380 e. The third-order valence-corrected chi connectivity index (χ3v) is 2.89. The van der Waals surface area contributed by atoms with E-state index in [2.05, 4.69) is 4.98 Å². The SMILES string of the molecule is CCn1ccnc1C(O)c1ccsc1. The van der Waals surface area contributed by atoms with Crippen LogP contribution in [0.2, 0.25) is 0 Å². The van der Waals surface area contributed by atoms with Gasteiger partial charge >= 0.3 is 0 Å². The van der Waals surface area contributed by atoms with Crippen LogP contribution in [0.3, 0.4) is 0 Å². The Morgan fingerprint density at radius 1 is 1.64 bits per heavy atom. The summed E-state index contributed by atoms with van der Waals surface area (Å²) in [6.07, 6.45) is 3.00. The first-order valence-corrected chi connectivity index (χ1v) is 5.48. The van der Waals surface area contributed by atoms with Gasteiger partial charge in [0.05, 0.1) is 0 Å². The molecule has 0 amide bonds. The van der Waals surface area contributed by atoms with Crippen LogP contribution in [0.25, 0.3) is 0 Å².